The quantitative estimate of drug-likeness (QED) is 0.548. The second kappa shape index (κ2) is 8.07. The first-order chi connectivity index (χ1) is 13.3. The number of imidazole rings is 1. The molecule has 0 aliphatic carbocycles. The highest BCUT2D eigenvalue weighted by atomic mass is 16.5. The highest BCUT2D eigenvalue weighted by Gasteiger charge is 2.19. The largest absolute Gasteiger partial charge is 0.393 e. The molecule has 136 valence electrons. The highest BCUT2D eigenvalue weighted by molar-refractivity contribution is 5.73. The minimum absolute atomic E-state index is 0.176. The monoisotopic (exact) mass is 360 g/mol. The minimum Gasteiger partial charge on any atom is -0.393 e. The molecular formula is C21H20N4O2. The fourth-order valence-electron chi connectivity index (χ4n) is 3.02. The second-order valence-corrected chi connectivity index (χ2v) is 6.26. The maximum atomic E-state index is 9.84. The summed E-state index contributed by atoms with van der Waals surface area (Å²) in [5, 5.41) is 9.84. The fourth-order valence-corrected chi connectivity index (χ4v) is 3.02. The van der Waals surface area contributed by atoms with Crippen LogP contribution in [0.3, 0.4) is 0 Å². The van der Waals surface area contributed by atoms with Gasteiger partial charge in [-0.25, -0.2) is 15.0 Å². The molecule has 0 radical (unpaired) electrons. The van der Waals surface area contributed by atoms with E-state index in [1.807, 2.05) is 53.1 Å². The number of aromatic nitrogens is 4. The summed E-state index contributed by atoms with van der Waals surface area (Å²) in [6.45, 7) is 0.884. The Bertz CT molecular complexity index is 1000. The molecule has 4 aromatic rings. The van der Waals surface area contributed by atoms with Gasteiger partial charge in [-0.05, 0) is 11.1 Å². The van der Waals surface area contributed by atoms with E-state index in [4.69, 9.17) is 4.74 Å². The van der Waals surface area contributed by atoms with Crippen LogP contribution in [0.2, 0.25) is 0 Å². The molecule has 0 saturated carbocycles. The first-order valence-electron chi connectivity index (χ1n) is 8.81. The van der Waals surface area contributed by atoms with E-state index in [0.29, 0.717) is 24.4 Å². The van der Waals surface area contributed by atoms with Gasteiger partial charge in [0, 0.05) is 0 Å². The van der Waals surface area contributed by atoms with Crippen molar-refractivity contribution in [2.24, 2.45) is 0 Å². The molecule has 0 bridgehead atoms. The second-order valence-electron chi connectivity index (χ2n) is 6.26. The van der Waals surface area contributed by atoms with Gasteiger partial charge in [0.05, 0.1) is 26.1 Å². The molecule has 0 saturated heterocycles. The molecular weight excluding hydrogens is 340 g/mol. The molecule has 1 N–H and O–H groups in total. The molecule has 0 amide bonds. The van der Waals surface area contributed by atoms with Gasteiger partial charge >= 0.3 is 0 Å². The average molecular weight is 360 g/mol. The van der Waals surface area contributed by atoms with Crippen molar-refractivity contribution in [2.75, 3.05) is 6.61 Å². The molecule has 2 aromatic carbocycles. The van der Waals surface area contributed by atoms with Gasteiger partial charge in [0.2, 0.25) is 0 Å². The van der Waals surface area contributed by atoms with Crippen LogP contribution in [-0.4, -0.2) is 31.2 Å². The lowest BCUT2D eigenvalue weighted by atomic mass is 10.2. The molecule has 27 heavy (non-hydrogen) atoms. The van der Waals surface area contributed by atoms with Crippen LogP contribution in [0.25, 0.3) is 11.2 Å². The molecule has 2 heterocycles. The van der Waals surface area contributed by atoms with Crippen molar-refractivity contribution < 1.29 is 9.84 Å². The Morgan fingerprint density at radius 2 is 1.59 bits per heavy atom. The lowest BCUT2D eigenvalue weighted by Gasteiger charge is -2.15. The zero-order valence-corrected chi connectivity index (χ0v) is 14.8. The first-order valence-corrected chi connectivity index (χ1v) is 8.81. The normalized spacial score (nSPS) is 12.3. The summed E-state index contributed by atoms with van der Waals surface area (Å²) in [7, 11) is 0. The third-order valence-electron chi connectivity index (χ3n) is 4.39. The summed E-state index contributed by atoms with van der Waals surface area (Å²) in [6.07, 6.45) is 2.69. The predicted octanol–water partition coefficient (Wildman–Crippen LogP) is 3.12. The van der Waals surface area contributed by atoms with E-state index in [1.54, 1.807) is 6.33 Å². The topological polar surface area (TPSA) is 73.1 Å². The van der Waals surface area contributed by atoms with Crippen LogP contribution >= 0.6 is 0 Å². The maximum Gasteiger partial charge on any atom is 0.163 e. The SMILES string of the molecule is OCC(OCc1ccccc1)c1ncnc2c1ncn2Cc1ccccc1. The summed E-state index contributed by atoms with van der Waals surface area (Å²) in [5.74, 6) is 0. The number of rotatable bonds is 7. The molecule has 6 nitrogen and oxygen atoms in total. The number of hydrogen-bond donors (Lipinski definition) is 1. The van der Waals surface area contributed by atoms with Crippen molar-refractivity contribution in [3.8, 4) is 0 Å². The number of aliphatic hydroxyl groups is 1. The number of benzene rings is 2. The predicted molar refractivity (Wildman–Crippen MR) is 102 cm³/mol. The fraction of sp³-hybridized carbons (Fsp3) is 0.190. The molecule has 0 aliphatic heterocycles. The van der Waals surface area contributed by atoms with Crippen LogP contribution in [0.5, 0.6) is 0 Å². The number of aliphatic hydroxyl groups excluding tert-OH is 1. The molecule has 2 aromatic heterocycles. The van der Waals surface area contributed by atoms with Gasteiger partial charge in [-0.1, -0.05) is 60.7 Å². The van der Waals surface area contributed by atoms with Crippen LogP contribution in [0.1, 0.15) is 22.9 Å². The number of nitrogens with zero attached hydrogens (tertiary/aromatic N) is 4. The van der Waals surface area contributed by atoms with Crippen LogP contribution in [0.4, 0.5) is 0 Å². The molecule has 6 heteroatoms. The van der Waals surface area contributed by atoms with Gasteiger partial charge in [0.1, 0.15) is 23.6 Å². The molecule has 0 spiro atoms. The van der Waals surface area contributed by atoms with Crippen LogP contribution in [-0.2, 0) is 17.9 Å². The van der Waals surface area contributed by atoms with E-state index >= 15 is 0 Å². The number of hydrogen-bond acceptors (Lipinski definition) is 5. The lowest BCUT2D eigenvalue weighted by molar-refractivity contribution is -0.000630. The van der Waals surface area contributed by atoms with Gasteiger partial charge in [-0.3, -0.25) is 0 Å². The Hall–Kier alpha value is -3.09. The van der Waals surface area contributed by atoms with Crippen molar-refractivity contribution >= 4 is 11.2 Å². The van der Waals surface area contributed by atoms with E-state index in [0.717, 1.165) is 16.8 Å². The van der Waals surface area contributed by atoms with Crippen LogP contribution in [0.15, 0.2) is 73.3 Å². The van der Waals surface area contributed by atoms with Gasteiger partial charge in [-0.15, -0.1) is 0 Å². The van der Waals surface area contributed by atoms with E-state index in [9.17, 15) is 5.11 Å². The van der Waals surface area contributed by atoms with E-state index in [-0.39, 0.29) is 6.61 Å². The third-order valence-corrected chi connectivity index (χ3v) is 4.39. The molecule has 1 atom stereocenters. The van der Waals surface area contributed by atoms with Gasteiger partial charge < -0.3 is 14.4 Å². The summed E-state index contributed by atoms with van der Waals surface area (Å²) in [6, 6.07) is 20.0. The Balaban J connectivity index is 1.59. The smallest absolute Gasteiger partial charge is 0.163 e. The zero-order chi connectivity index (χ0) is 18.5. The summed E-state index contributed by atoms with van der Waals surface area (Å²) in [4.78, 5) is 13.2. The van der Waals surface area contributed by atoms with Crippen LogP contribution in [0, 0.1) is 0 Å². The number of fused-ring (bicyclic) bond motifs is 1. The van der Waals surface area contributed by atoms with E-state index in [2.05, 4.69) is 27.1 Å². The van der Waals surface area contributed by atoms with Crippen molar-refractivity contribution in [3.63, 3.8) is 0 Å². The Morgan fingerprint density at radius 1 is 0.889 bits per heavy atom. The average Bonchev–Trinajstić information content (AvgIpc) is 3.13. The molecule has 0 fully saturated rings. The highest BCUT2D eigenvalue weighted by Crippen LogP contribution is 2.23. The summed E-state index contributed by atoms with van der Waals surface area (Å²) in [5.41, 5.74) is 4.18. The van der Waals surface area contributed by atoms with Gasteiger partial charge in [0.15, 0.2) is 5.65 Å². The zero-order valence-electron chi connectivity index (χ0n) is 14.8. The van der Waals surface area contributed by atoms with Crippen molar-refractivity contribution in [1.29, 1.82) is 0 Å². The van der Waals surface area contributed by atoms with E-state index in [1.165, 1.54) is 6.33 Å². The Kier molecular flexibility index (Phi) is 5.18. The number of ether oxygens (including phenoxy) is 1. The maximum absolute atomic E-state index is 9.84. The third kappa shape index (κ3) is 3.86. The molecule has 4 rings (SSSR count). The first kappa shape index (κ1) is 17.3. The van der Waals surface area contributed by atoms with Crippen LogP contribution < -0.4 is 0 Å². The molecule has 1 unspecified atom stereocenters. The van der Waals surface area contributed by atoms with Crippen molar-refractivity contribution in [1.82, 2.24) is 19.5 Å². The van der Waals surface area contributed by atoms with Crippen molar-refractivity contribution in [2.45, 2.75) is 19.3 Å². The summed E-state index contributed by atoms with van der Waals surface area (Å²) >= 11 is 0. The standard InChI is InChI=1S/C21H20N4O2/c26-12-18(27-13-17-9-5-2-6-10-17)19-20-21(23-14-22-19)25(15-24-20)11-16-7-3-1-4-8-16/h1-10,14-15,18,26H,11-13H2. The minimum atomic E-state index is -0.559. The van der Waals surface area contributed by atoms with E-state index < -0.39 is 6.10 Å². The summed E-state index contributed by atoms with van der Waals surface area (Å²) < 4.78 is 7.88. The Morgan fingerprint density at radius 3 is 2.30 bits per heavy atom. The lowest BCUT2D eigenvalue weighted by Crippen LogP contribution is -2.12. The Labute approximate surface area is 157 Å². The van der Waals surface area contributed by atoms with Gasteiger partial charge in [0.25, 0.3) is 0 Å². The molecule has 0 aliphatic rings. The van der Waals surface area contributed by atoms with Gasteiger partial charge in [-0.2, -0.15) is 0 Å². The van der Waals surface area contributed by atoms with Crippen molar-refractivity contribution in [3.05, 3.63) is 90.1 Å².